The van der Waals surface area contributed by atoms with Gasteiger partial charge < -0.3 is 9.84 Å². The lowest BCUT2D eigenvalue weighted by atomic mass is 9.77. The molecule has 3 aromatic rings. The van der Waals surface area contributed by atoms with Gasteiger partial charge in [-0.1, -0.05) is 43.6 Å². The zero-order chi connectivity index (χ0) is 20.8. The lowest BCUT2D eigenvalue weighted by Crippen LogP contribution is -2.38. The predicted molar refractivity (Wildman–Crippen MR) is 115 cm³/mol. The van der Waals surface area contributed by atoms with Crippen LogP contribution in [-0.4, -0.2) is 18.1 Å². The molecule has 1 aliphatic rings. The van der Waals surface area contributed by atoms with Crippen LogP contribution in [0.2, 0.25) is 5.02 Å². The van der Waals surface area contributed by atoms with E-state index in [-0.39, 0.29) is 11.7 Å². The lowest BCUT2D eigenvalue weighted by molar-refractivity contribution is 0.0971. The number of aromatic hydroxyl groups is 1. The Balaban J connectivity index is 1.92. The van der Waals surface area contributed by atoms with E-state index < -0.39 is 11.5 Å². The fourth-order valence-electron chi connectivity index (χ4n) is 4.20. The molecule has 0 spiro atoms. The predicted octanol–water partition coefficient (Wildman–Crippen LogP) is 5.73. The van der Waals surface area contributed by atoms with Gasteiger partial charge >= 0.3 is 0 Å². The molecule has 1 N–H and O–H groups in total. The van der Waals surface area contributed by atoms with Crippen molar-refractivity contribution < 1.29 is 14.6 Å². The molecule has 4 nitrogen and oxygen atoms in total. The lowest BCUT2D eigenvalue weighted by Gasteiger charge is -2.34. The van der Waals surface area contributed by atoms with Crippen LogP contribution < -0.4 is 9.64 Å². The van der Waals surface area contributed by atoms with Crippen molar-refractivity contribution in [2.24, 2.45) is 0 Å². The third-order valence-electron chi connectivity index (χ3n) is 5.64. The van der Waals surface area contributed by atoms with Crippen molar-refractivity contribution in [2.45, 2.75) is 25.3 Å². The van der Waals surface area contributed by atoms with E-state index in [1.54, 1.807) is 54.5 Å². The molecule has 0 bridgehead atoms. The molecule has 1 heterocycles. The van der Waals surface area contributed by atoms with Gasteiger partial charge in [0.25, 0.3) is 5.91 Å². The summed E-state index contributed by atoms with van der Waals surface area (Å²) in [5, 5.41) is 11.3. The van der Waals surface area contributed by atoms with Crippen molar-refractivity contribution in [3.05, 3.63) is 88.4 Å². The number of halogens is 1. The Kier molecular flexibility index (Phi) is 4.75. The Morgan fingerprint density at radius 3 is 2.45 bits per heavy atom. The SMILES string of the molecule is COc1ccc(O)c([C@H]2N(C(=O)c3ccc(Cl)cc3)c3ccccc3C2(C)C)c1. The molecule has 29 heavy (non-hydrogen) atoms. The Bertz CT molecular complexity index is 1080. The van der Waals surface area contributed by atoms with Gasteiger partial charge in [0.2, 0.25) is 0 Å². The van der Waals surface area contributed by atoms with Gasteiger partial charge in [0.05, 0.1) is 13.2 Å². The van der Waals surface area contributed by atoms with E-state index in [9.17, 15) is 9.90 Å². The van der Waals surface area contributed by atoms with Crippen LogP contribution in [0.3, 0.4) is 0 Å². The second kappa shape index (κ2) is 7.12. The number of ether oxygens (including phenoxy) is 1. The van der Waals surface area contributed by atoms with Crippen LogP contribution in [0.15, 0.2) is 66.7 Å². The Hall–Kier alpha value is -2.98. The highest BCUT2D eigenvalue weighted by atomic mass is 35.5. The summed E-state index contributed by atoms with van der Waals surface area (Å²) < 4.78 is 5.38. The highest BCUT2D eigenvalue weighted by molar-refractivity contribution is 6.30. The van der Waals surface area contributed by atoms with E-state index in [1.807, 2.05) is 24.3 Å². The van der Waals surface area contributed by atoms with E-state index in [1.165, 1.54) is 0 Å². The van der Waals surface area contributed by atoms with Crippen LogP contribution >= 0.6 is 11.6 Å². The summed E-state index contributed by atoms with van der Waals surface area (Å²) >= 11 is 6.01. The van der Waals surface area contributed by atoms with Crippen LogP contribution in [0.4, 0.5) is 5.69 Å². The molecule has 0 radical (unpaired) electrons. The summed E-state index contributed by atoms with van der Waals surface area (Å²) in [6.45, 7) is 4.18. The minimum Gasteiger partial charge on any atom is -0.508 e. The second-order valence-corrected chi connectivity index (χ2v) is 8.18. The van der Waals surface area contributed by atoms with Crippen molar-refractivity contribution in [3.8, 4) is 11.5 Å². The summed E-state index contributed by atoms with van der Waals surface area (Å²) in [6.07, 6.45) is 0. The van der Waals surface area contributed by atoms with E-state index in [4.69, 9.17) is 16.3 Å². The molecular formula is C24H22ClNO3. The first-order valence-corrected chi connectivity index (χ1v) is 9.78. The zero-order valence-corrected chi connectivity index (χ0v) is 17.3. The minimum absolute atomic E-state index is 0.130. The van der Waals surface area contributed by atoms with Gasteiger partial charge in [0.15, 0.2) is 0 Å². The molecule has 5 heteroatoms. The topological polar surface area (TPSA) is 49.8 Å². The number of amides is 1. The third-order valence-corrected chi connectivity index (χ3v) is 5.89. The van der Waals surface area contributed by atoms with E-state index in [0.29, 0.717) is 21.9 Å². The molecule has 0 unspecified atom stereocenters. The van der Waals surface area contributed by atoms with Crippen molar-refractivity contribution in [2.75, 3.05) is 12.0 Å². The first-order valence-electron chi connectivity index (χ1n) is 9.40. The Labute approximate surface area is 175 Å². The van der Waals surface area contributed by atoms with Gasteiger partial charge in [-0.2, -0.15) is 0 Å². The van der Waals surface area contributed by atoms with Crippen molar-refractivity contribution >= 4 is 23.2 Å². The Morgan fingerprint density at radius 2 is 1.76 bits per heavy atom. The van der Waals surface area contributed by atoms with Crippen LogP contribution in [0.5, 0.6) is 11.5 Å². The van der Waals surface area contributed by atoms with E-state index in [2.05, 4.69) is 13.8 Å². The maximum Gasteiger partial charge on any atom is 0.258 e. The summed E-state index contributed by atoms with van der Waals surface area (Å²) in [5.74, 6) is 0.612. The number of phenols is 1. The van der Waals surface area contributed by atoms with Gasteiger partial charge in [0, 0.05) is 27.3 Å². The molecule has 148 valence electrons. The Morgan fingerprint density at radius 1 is 1.07 bits per heavy atom. The molecule has 0 aromatic heterocycles. The molecule has 0 saturated carbocycles. The number of rotatable bonds is 3. The molecule has 0 saturated heterocycles. The van der Waals surface area contributed by atoms with Crippen molar-refractivity contribution in [1.82, 2.24) is 0 Å². The number of nitrogens with zero attached hydrogens (tertiary/aromatic N) is 1. The van der Waals surface area contributed by atoms with Gasteiger partial charge in [-0.15, -0.1) is 0 Å². The van der Waals surface area contributed by atoms with Gasteiger partial charge in [-0.3, -0.25) is 9.69 Å². The number of hydrogen-bond acceptors (Lipinski definition) is 3. The van der Waals surface area contributed by atoms with Crippen LogP contribution in [0.1, 0.15) is 41.4 Å². The van der Waals surface area contributed by atoms with E-state index >= 15 is 0 Å². The van der Waals surface area contributed by atoms with Gasteiger partial charge in [0.1, 0.15) is 11.5 Å². The number of benzene rings is 3. The molecule has 1 aliphatic heterocycles. The minimum atomic E-state index is -0.428. The number of carbonyl (C=O) groups is 1. The second-order valence-electron chi connectivity index (χ2n) is 7.75. The smallest absolute Gasteiger partial charge is 0.258 e. The highest BCUT2D eigenvalue weighted by Gasteiger charge is 2.48. The highest BCUT2D eigenvalue weighted by Crippen LogP contribution is 2.54. The number of anilines is 1. The number of para-hydroxylation sites is 1. The fourth-order valence-corrected chi connectivity index (χ4v) is 4.33. The van der Waals surface area contributed by atoms with E-state index in [0.717, 1.165) is 11.3 Å². The number of fused-ring (bicyclic) bond motifs is 1. The average Bonchev–Trinajstić information content (AvgIpc) is 2.96. The summed E-state index contributed by atoms with van der Waals surface area (Å²) in [5.41, 5.74) is 2.64. The summed E-state index contributed by atoms with van der Waals surface area (Å²) in [7, 11) is 1.58. The normalized spacial score (nSPS) is 17.1. The number of carbonyl (C=O) groups excluding carboxylic acids is 1. The number of hydrogen-bond donors (Lipinski definition) is 1. The monoisotopic (exact) mass is 407 g/mol. The molecule has 1 amide bonds. The van der Waals surface area contributed by atoms with Crippen LogP contribution in [-0.2, 0) is 5.41 Å². The standard InChI is InChI=1S/C24H22ClNO3/c1-24(2)19-6-4-5-7-20(19)26(23(28)15-8-10-16(25)11-9-15)22(24)18-14-17(29-3)12-13-21(18)27/h4-14,22,27H,1-3H3/t22-/m1/s1. The van der Waals surface area contributed by atoms with Gasteiger partial charge in [-0.25, -0.2) is 0 Å². The first kappa shape index (κ1) is 19.3. The quantitative estimate of drug-likeness (QED) is 0.602. The van der Waals surface area contributed by atoms with Crippen molar-refractivity contribution in [3.63, 3.8) is 0 Å². The molecule has 1 atom stereocenters. The zero-order valence-electron chi connectivity index (χ0n) is 16.5. The largest absolute Gasteiger partial charge is 0.508 e. The maximum absolute atomic E-state index is 13.6. The van der Waals surface area contributed by atoms with Gasteiger partial charge in [-0.05, 0) is 54.1 Å². The molecular weight excluding hydrogens is 386 g/mol. The number of methoxy groups -OCH3 is 1. The maximum atomic E-state index is 13.6. The van der Waals surface area contributed by atoms with Crippen molar-refractivity contribution in [1.29, 1.82) is 0 Å². The molecule has 4 rings (SSSR count). The first-order chi connectivity index (χ1) is 13.8. The molecule has 3 aromatic carbocycles. The van der Waals surface area contributed by atoms with Crippen LogP contribution in [0, 0.1) is 0 Å². The number of phenolic OH excluding ortho intramolecular Hbond substituents is 1. The summed E-state index contributed by atoms with van der Waals surface area (Å²) in [4.78, 5) is 15.4. The molecule has 0 aliphatic carbocycles. The third kappa shape index (κ3) is 3.14. The summed E-state index contributed by atoms with van der Waals surface area (Å²) in [6, 6.07) is 19.5. The molecule has 0 fully saturated rings. The fraction of sp³-hybridized carbons (Fsp3) is 0.208. The average molecular weight is 408 g/mol. The van der Waals surface area contributed by atoms with Crippen LogP contribution in [0.25, 0.3) is 0 Å².